The van der Waals surface area contributed by atoms with E-state index in [2.05, 4.69) is 15.3 Å². The molecule has 2 rings (SSSR count). The van der Waals surface area contributed by atoms with Crippen molar-refractivity contribution in [3.05, 3.63) is 42.4 Å². The first-order valence-corrected chi connectivity index (χ1v) is 5.87. The number of nitrogens with zero attached hydrogens (tertiary/aromatic N) is 2. The molecule has 0 aliphatic heterocycles. The van der Waals surface area contributed by atoms with Gasteiger partial charge in [-0.1, -0.05) is 26.0 Å². The fraction of sp³-hybridized carbons (Fsp3) is 0.286. The zero-order valence-electron chi connectivity index (χ0n) is 10.9. The second-order valence-electron chi connectivity index (χ2n) is 3.32. The predicted octanol–water partition coefficient (Wildman–Crippen LogP) is 3.52. The smallest absolute Gasteiger partial charge is 0.125 e. The Morgan fingerprint density at radius 3 is 2.18 bits per heavy atom. The maximum absolute atomic E-state index is 4.37. The molecule has 2 aromatic rings. The van der Waals surface area contributed by atoms with Crippen LogP contribution in [0.4, 0.5) is 5.69 Å². The Hall–Kier alpha value is -1.90. The number of rotatable bonds is 2. The summed E-state index contributed by atoms with van der Waals surface area (Å²) in [6.45, 7) is 5.89. The van der Waals surface area contributed by atoms with Crippen molar-refractivity contribution in [2.45, 2.75) is 20.8 Å². The molecule has 0 spiro atoms. The molecule has 0 saturated heterocycles. The van der Waals surface area contributed by atoms with Gasteiger partial charge >= 0.3 is 0 Å². The van der Waals surface area contributed by atoms with E-state index in [1.165, 1.54) is 0 Å². The molecule has 0 aliphatic carbocycles. The summed E-state index contributed by atoms with van der Waals surface area (Å²) in [4.78, 5) is 8.44. The van der Waals surface area contributed by atoms with E-state index in [1.807, 2.05) is 58.2 Å². The lowest BCUT2D eigenvalue weighted by Gasteiger charge is -2.03. The summed E-state index contributed by atoms with van der Waals surface area (Å²) >= 11 is 0. The van der Waals surface area contributed by atoms with E-state index >= 15 is 0 Å². The molecule has 0 unspecified atom stereocenters. The van der Waals surface area contributed by atoms with Crippen molar-refractivity contribution in [1.29, 1.82) is 0 Å². The third kappa shape index (κ3) is 3.55. The molecule has 0 atom stereocenters. The Morgan fingerprint density at radius 1 is 1.00 bits per heavy atom. The molecule has 1 heterocycles. The van der Waals surface area contributed by atoms with Crippen molar-refractivity contribution in [1.82, 2.24) is 9.97 Å². The van der Waals surface area contributed by atoms with Gasteiger partial charge in [0, 0.05) is 24.5 Å². The Balaban J connectivity index is 0.000000686. The number of benzene rings is 1. The lowest BCUT2D eigenvalue weighted by atomic mass is 10.1. The van der Waals surface area contributed by atoms with Gasteiger partial charge in [-0.3, -0.25) is 0 Å². The number of hydrogen-bond donors (Lipinski definition) is 1. The van der Waals surface area contributed by atoms with Crippen LogP contribution in [0.2, 0.25) is 0 Å². The average Bonchev–Trinajstić information content (AvgIpc) is 2.41. The summed E-state index contributed by atoms with van der Waals surface area (Å²) in [5.74, 6) is 0.796. The molecule has 0 saturated carbocycles. The van der Waals surface area contributed by atoms with E-state index in [9.17, 15) is 0 Å². The quantitative estimate of drug-likeness (QED) is 0.856. The molecule has 1 aromatic heterocycles. The van der Waals surface area contributed by atoms with Crippen molar-refractivity contribution in [3.63, 3.8) is 0 Å². The number of aryl methyl sites for hydroxylation is 1. The molecule has 0 radical (unpaired) electrons. The molecular weight excluding hydrogens is 210 g/mol. The number of aromatic nitrogens is 2. The predicted molar refractivity (Wildman–Crippen MR) is 73.1 cm³/mol. The monoisotopic (exact) mass is 229 g/mol. The molecule has 0 fully saturated rings. The SMILES string of the molecule is CC.CNc1ccc(-c2ccnc(C)n2)cc1. The molecule has 17 heavy (non-hydrogen) atoms. The topological polar surface area (TPSA) is 37.8 Å². The average molecular weight is 229 g/mol. The lowest BCUT2D eigenvalue weighted by molar-refractivity contribution is 1.06. The molecule has 0 aliphatic rings. The maximum atomic E-state index is 4.37. The van der Waals surface area contributed by atoms with Crippen LogP contribution in [0.3, 0.4) is 0 Å². The fourth-order valence-electron chi connectivity index (χ4n) is 1.42. The highest BCUT2D eigenvalue weighted by molar-refractivity contribution is 5.62. The van der Waals surface area contributed by atoms with Crippen LogP contribution in [0.15, 0.2) is 36.5 Å². The van der Waals surface area contributed by atoms with E-state index in [0.717, 1.165) is 22.8 Å². The minimum Gasteiger partial charge on any atom is -0.388 e. The van der Waals surface area contributed by atoms with Gasteiger partial charge in [0.25, 0.3) is 0 Å². The summed E-state index contributed by atoms with van der Waals surface area (Å²) < 4.78 is 0. The Kier molecular flexibility index (Phi) is 5.14. The largest absolute Gasteiger partial charge is 0.388 e. The first-order chi connectivity index (χ1) is 8.29. The standard InChI is InChI=1S/C12H13N3.C2H6/c1-9-14-8-7-12(15-9)10-3-5-11(13-2)6-4-10;1-2/h3-8,13H,1-2H3;1-2H3. The van der Waals surface area contributed by atoms with E-state index in [0.29, 0.717) is 0 Å². The zero-order chi connectivity index (χ0) is 12.7. The van der Waals surface area contributed by atoms with E-state index in [1.54, 1.807) is 6.20 Å². The van der Waals surface area contributed by atoms with Gasteiger partial charge in [-0.15, -0.1) is 0 Å². The molecule has 90 valence electrons. The van der Waals surface area contributed by atoms with Gasteiger partial charge in [0.05, 0.1) is 5.69 Å². The molecule has 0 amide bonds. The summed E-state index contributed by atoms with van der Waals surface area (Å²) in [5.41, 5.74) is 3.18. The van der Waals surface area contributed by atoms with Gasteiger partial charge in [-0.05, 0) is 25.1 Å². The van der Waals surface area contributed by atoms with Crippen LogP contribution in [0.5, 0.6) is 0 Å². The van der Waals surface area contributed by atoms with Gasteiger partial charge in [0.1, 0.15) is 5.82 Å². The van der Waals surface area contributed by atoms with Crippen LogP contribution in [-0.4, -0.2) is 17.0 Å². The van der Waals surface area contributed by atoms with Crippen LogP contribution in [0.1, 0.15) is 19.7 Å². The van der Waals surface area contributed by atoms with Crippen LogP contribution >= 0.6 is 0 Å². The van der Waals surface area contributed by atoms with Crippen molar-refractivity contribution < 1.29 is 0 Å². The van der Waals surface area contributed by atoms with Crippen LogP contribution < -0.4 is 5.32 Å². The second kappa shape index (κ2) is 6.63. The number of nitrogens with one attached hydrogen (secondary N) is 1. The second-order valence-corrected chi connectivity index (χ2v) is 3.32. The fourth-order valence-corrected chi connectivity index (χ4v) is 1.42. The van der Waals surface area contributed by atoms with Gasteiger partial charge in [-0.25, -0.2) is 9.97 Å². The Morgan fingerprint density at radius 2 is 1.65 bits per heavy atom. The number of anilines is 1. The maximum Gasteiger partial charge on any atom is 0.125 e. The van der Waals surface area contributed by atoms with Crippen molar-refractivity contribution in [2.75, 3.05) is 12.4 Å². The van der Waals surface area contributed by atoms with Crippen LogP contribution in [0, 0.1) is 6.92 Å². The summed E-state index contributed by atoms with van der Waals surface area (Å²) in [5, 5.41) is 3.08. The van der Waals surface area contributed by atoms with Gasteiger partial charge in [0.15, 0.2) is 0 Å². The van der Waals surface area contributed by atoms with Crippen molar-refractivity contribution in [3.8, 4) is 11.3 Å². The minimum atomic E-state index is 0.796. The third-order valence-electron chi connectivity index (χ3n) is 2.25. The summed E-state index contributed by atoms with van der Waals surface area (Å²) in [6, 6.07) is 10.1. The van der Waals surface area contributed by atoms with Crippen molar-refractivity contribution >= 4 is 5.69 Å². The van der Waals surface area contributed by atoms with Crippen LogP contribution in [0.25, 0.3) is 11.3 Å². The molecule has 0 bridgehead atoms. The molecular formula is C14H19N3. The first kappa shape index (κ1) is 13.2. The van der Waals surface area contributed by atoms with E-state index in [4.69, 9.17) is 0 Å². The summed E-state index contributed by atoms with van der Waals surface area (Å²) in [7, 11) is 1.91. The number of hydrogen-bond acceptors (Lipinski definition) is 3. The van der Waals surface area contributed by atoms with Crippen molar-refractivity contribution in [2.24, 2.45) is 0 Å². The highest BCUT2D eigenvalue weighted by Gasteiger charge is 1.99. The lowest BCUT2D eigenvalue weighted by Crippen LogP contribution is -1.91. The van der Waals surface area contributed by atoms with Crippen LogP contribution in [-0.2, 0) is 0 Å². The van der Waals surface area contributed by atoms with Gasteiger partial charge in [-0.2, -0.15) is 0 Å². The first-order valence-electron chi connectivity index (χ1n) is 5.87. The van der Waals surface area contributed by atoms with Gasteiger partial charge < -0.3 is 5.32 Å². The zero-order valence-corrected chi connectivity index (χ0v) is 10.9. The summed E-state index contributed by atoms with van der Waals surface area (Å²) in [6.07, 6.45) is 1.78. The molecule has 3 nitrogen and oxygen atoms in total. The Bertz CT molecular complexity index is 449. The van der Waals surface area contributed by atoms with E-state index < -0.39 is 0 Å². The Labute approximate surface area is 103 Å². The van der Waals surface area contributed by atoms with Gasteiger partial charge in [0.2, 0.25) is 0 Å². The van der Waals surface area contributed by atoms with E-state index in [-0.39, 0.29) is 0 Å². The molecule has 1 aromatic carbocycles. The highest BCUT2D eigenvalue weighted by atomic mass is 14.9. The molecule has 3 heteroatoms. The molecule has 1 N–H and O–H groups in total. The third-order valence-corrected chi connectivity index (χ3v) is 2.25. The minimum absolute atomic E-state index is 0.796. The normalized spacial score (nSPS) is 9.18. The highest BCUT2D eigenvalue weighted by Crippen LogP contribution is 2.18.